The number of hydrogen-bond donors (Lipinski definition) is 2. The lowest BCUT2D eigenvalue weighted by molar-refractivity contribution is -0.119. The van der Waals surface area contributed by atoms with E-state index in [0.717, 1.165) is 35.9 Å². The van der Waals surface area contributed by atoms with Crippen LogP contribution in [0.25, 0.3) is 10.2 Å². The summed E-state index contributed by atoms with van der Waals surface area (Å²) in [7, 11) is 0. The number of nitrogens with zero attached hydrogens (tertiary/aromatic N) is 1. The molecule has 0 aliphatic heterocycles. The Morgan fingerprint density at radius 1 is 1.30 bits per heavy atom. The van der Waals surface area contributed by atoms with E-state index in [9.17, 15) is 9.59 Å². The van der Waals surface area contributed by atoms with Gasteiger partial charge in [0.15, 0.2) is 5.16 Å². The van der Waals surface area contributed by atoms with E-state index in [-0.39, 0.29) is 17.5 Å². The van der Waals surface area contributed by atoms with E-state index in [1.54, 1.807) is 11.3 Å². The van der Waals surface area contributed by atoms with Crippen LogP contribution in [-0.2, 0) is 17.6 Å². The number of nitrogens with one attached hydrogen (secondary N) is 2. The first kappa shape index (κ1) is 19.0. The number of aromatic amines is 1. The molecule has 2 aliphatic carbocycles. The van der Waals surface area contributed by atoms with Crippen LogP contribution >= 0.6 is 23.1 Å². The van der Waals surface area contributed by atoms with E-state index in [1.165, 1.54) is 41.5 Å². The third-order valence-electron chi connectivity index (χ3n) is 5.94. The Hall–Kier alpha value is -1.34. The molecular formula is C20H27N3O2S2. The molecule has 27 heavy (non-hydrogen) atoms. The molecular weight excluding hydrogens is 378 g/mol. The Labute approximate surface area is 167 Å². The smallest absolute Gasteiger partial charge is 0.260 e. The van der Waals surface area contributed by atoms with Crippen LogP contribution in [0.1, 0.15) is 56.4 Å². The summed E-state index contributed by atoms with van der Waals surface area (Å²) in [6, 6.07) is 0.285. The molecule has 0 unspecified atom stereocenters. The lowest BCUT2D eigenvalue weighted by atomic mass is 9.86. The Morgan fingerprint density at radius 2 is 2.11 bits per heavy atom. The number of amides is 1. The molecule has 0 spiro atoms. The molecule has 2 aromatic heterocycles. The monoisotopic (exact) mass is 405 g/mol. The highest BCUT2D eigenvalue weighted by molar-refractivity contribution is 7.99. The van der Waals surface area contributed by atoms with Gasteiger partial charge in [-0.15, -0.1) is 11.3 Å². The molecule has 2 N–H and O–H groups in total. The number of fused-ring (bicyclic) bond motifs is 3. The lowest BCUT2D eigenvalue weighted by Gasteiger charge is -2.29. The van der Waals surface area contributed by atoms with E-state index >= 15 is 0 Å². The normalized spacial score (nSPS) is 25.3. The molecule has 4 rings (SSSR count). The topological polar surface area (TPSA) is 74.8 Å². The van der Waals surface area contributed by atoms with Crippen LogP contribution in [-0.4, -0.2) is 27.7 Å². The summed E-state index contributed by atoms with van der Waals surface area (Å²) in [6.07, 6.45) is 7.85. The van der Waals surface area contributed by atoms with Crippen molar-refractivity contribution in [2.24, 2.45) is 11.8 Å². The van der Waals surface area contributed by atoms with Gasteiger partial charge in [0.05, 0.1) is 11.1 Å². The number of aromatic nitrogens is 2. The first-order valence-electron chi connectivity index (χ1n) is 9.98. The molecule has 2 aliphatic rings. The SMILES string of the molecule is C[C@H]1CCc2c(sc3nc(SCC(=O)N[C@H]4CCCC[C@@H]4C)[nH]c(=O)c23)C1. The van der Waals surface area contributed by atoms with Crippen molar-refractivity contribution in [2.75, 3.05) is 5.75 Å². The van der Waals surface area contributed by atoms with Gasteiger partial charge < -0.3 is 10.3 Å². The third-order valence-corrected chi connectivity index (χ3v) is 7.96. The molecule has 0 aromatic carbocycles. The number of rotatable bonds is 4. The van der Waals surface area contributed by atoms with Gasteiger partial charge in [0.1, 0.15) is 4.83 Å². The zero-order chi connectivity index (χ0) is 19.0. The van der Waals surface area contributed by atoms with Crippen LogP contribution < -0.4 is 10.9 Å². The molecule has 1 amide bonds. The van der Waals surface area contributed by atoms with Crippen molar-refractivity contribution in [1.29, 1.82) is 0 Å². The standard InChI is InChI=1S/C20H27N3O2S2/c1-11-7-8-13-15(9-11)27-19-17(13)18(25)22-20(23-19)26-10-16(24)21-14-6-4-3-5-12(14)2/h11-12,14H,3-10H2,1-2H3,(H,21,24)(H,22,23,25)/t11-,12-,14-/m0/s1. The minimum atomic E-state index is -0.0594. The second kappa shape index (κ2) is 7.95. The first-order chi connectivity index (χ1) is 13.0. The zero-order valence-electron chi connectivity index (χ0n) is 16.0. The van der Waals surface area contributed by atoms with Crippen molar-refractivity contribution in [1.82, 2.24) is 15.3 Å². The van der Waals surface area contributed by atoms with E-state index in [0.29, 0.717) is 22.7 Å². The Bertz CT molecular complexity index is 904. The molecule has 2 aromatic rings. The summed E-state index contributed by atoms with van der Waals surface area (Å²) >= 11 is 2.97. The van der Waals surface area contributed by atoms with Crippen molar-refractivity contribution in [3.05, 3.63) is 20.8 Å². The molecule has 1 saturated carbocycles. The van der Waals surface area contributed by atoms with Gasteiger partial charge in [0, 0.05) is 10.9 Å². The van der Waals surface area contributed by atoms with Gasteiger partial charge in [-0.3, -0.25) is 9.59 Å². The number of hydrogen-bond acceptors (Lipinski definition) is 5. The van der Waals surface area contributed by atoms with Crippen LogP contribution in [0.15, 0.2) is 9.95 Å². The fourth-order valence-corrected chi connectivity index (χ4v) is 6.42. The van der Waals surface area contributed by atoms with Gasteiger partial charge in [0.2, 0.25) is 5.91 Å². The van der Waals surface area contributed by atoms with Crippen LogP contribution in [0, 0.1) is 11.8 Å². The molecule has 5 nitrogen and oxygen atoms in total. The Kier molecular flexibility index (Phi) is 5.60. The summed E-state index contributed by atoms with van der Waals surface area (Å²) in [5, 5.41) is 4.48. The second-order valence-corrected chi connectivity index (χ2v) is 10.2. The minimum Gasteiger partial charge on any atom is -0.352 e. The van der Waals surface area contributed by atoms with Gasteiger partial charge in [-0.2, -0.15) is 0 Å². The van der Waals surface area contributed by atoms with Crippen molar-refractivity contribution in [3.8, 4) is 0 Å². The van der Waals surface area contributed by atoms with Crippen molar-refractivity contribution in [2.45, 2.75) is 70.0 Å². The Morgan fingerprint density at radius 3 is 2.93 bits per heavy atom. The van der Waals surface area contributed by atoms with Gasteiger partial charge in [-0.05, 0) is 49.5 Å². The molecule has 0 radical (unpaired) electrons. The summed E-state index contributed by atoms with van der Waals surface area (Å²) < 4.78 is 0. The highest BCUT2D eigenvalue weighted by Crippen LogP contribution is 2.36. The molecule has 0 bridgehead atoms. The van der Waals surface area contributed by atoms with E-state index in [2.05, 4.69) is 29.1 Å². The van der Waals surface area contributed by atoms with Crippen molar-refractivity contribution >= 4 is 39.2 Å². The fraction of sp³-hybridized carbons (Fsp3) is 0.650. The number of H-pyrrole nitrogens is 1. The number of carbonyl (C=O) groups is 1. The van der Waals surface area contributed by atoms with Crippen LogP contribution in [0.3, 0.4) is 0 Å². The minimum absolute atomic E-state index is 0.0285. The summed E-state index contributed by atoms with van der Waals surface area (Å²) in [6.45, 7) is 4.47. The predicted molar refractivity (Wildman–Crippen MR) is 112 cm³/mol. The van der Waals surface area contributed by atoms with Gasteiger partial charge in [-0.1, -0.05) is 38.5 Å². The number of thiophene rings is 1. The summed E-state index contributed by atoms with van der Waals surface area (Å²) in [5.41, 5.74) is 1.14. The fourth-order valence-electron chi connectivity index (χ4n) is 4.31. The highest BCUT2D eigenvalue weighted by atomic mass is 32.2. The van der Waals surface area contributed by atoms with E-state index in [4.69, 9.17) is 0 Å². The maximum Gasteiger partial charge on any atom is 0.260 e. The lowest BCUT2D eigenvalue weighted by Crippen LogP contribution is -2.41. The van der Waals surface area contributed by atoms with Crippen molar-refractivity contribution < 1.29 is 4.79 Å². The predicted octanol–water partition coefficient (Wildman–Crippen LogP) is 3.90. The highest BCUT2D eigenvalue weighted by Gasteiger charge is 2.24. The van der Waals surface area contributed by atoms with Crippen LogP contribution in [0.4, 0.5) is 0 Å². The molecule has 146 valence electrons. The quantitative estimate of drug-likeness (QED) is 0.598. The summed E-state index contributed by atoms with van der Waals surface area (Å²) in [4.78, 5) is 34.6. The molecule has 3 atom stereocenters. The first-order valence-corrected chi connectivity index (χ1v) is 11.8. The third kappa shape index (κ3) is 4.09. The Balaban J connectivity index is 1.45. The van der Waals surface area contributed by atoms with Gasteiger partial charge in [-0.25, -0.2) is 4.98 Å². The van der Waals surface area contributed by atoms with Crippen LogP contribution in [0.5, 0.6) is 0 Å². The van der Waals surface area contributed by atoms with Crippen LogP contribution in [0.2, 0.25) is 0 Å². The zero-order valence-corrected chi connectivity index (χ0v) is 17.6. The van der Waals surface area contributed by atoms with Crippen molar-refractivity contribution in [3.63, 3.8) is 0 Å². The van der Waals surface area contributed by atoms with E-state index < -0.39 is 0 Å². The second-order valence-electron chi connectivity index (χ2n) is 8.13. The molecule has 7 heteroatoms. The number of carbonyl (C=O) groups excluding carboxylic acids is 1. The molecule has 1 fully saturated rings. The van der Waals surface area contributed by atoms with Gasteiger partial charge >= 0.3 is 0 Å². The number of thioether (sulfide) groups is 1. The van der Waals surface area contributed by atoms with E-state index in [1.807, 2.05) is 0 Å². The average Bonchev–Trinajstić information content (AvgIpc) is 2.99. The molecule has 2 heterocycles. The summed E-state index contributed by atoms with van der Waals surface area (Å²) in [5.74, 6) is 1.53. The maximum absolute atomic E-state index is 12.6. The largest absolute Gasteiger partial charge is 0.352 e. The average molecular weight is 406 g/mol. The molecule has 0 saturated heterocycles. The number of aryl methyl sites for hydroxylation is 1. The maximum atomic E-state index is 12.6. The van der Waals surface area contributed by atoms with Gasteiger partial charge in [0.25, 0.3) is 5.56 Å².